The lowest BCUT2D eigenvalue weighted by Gasteiger charge is -2.21. The molecule has 4 nitrogen and oxygen atoms in total. The minimum absolute atomic E-state index is 0.149. The minimum atomic E-state index is -0.149. The molecule has 0 N–H and O–H groups in total. The van der Waals surface area contributed by atoms with E-state index in [0.29, 0.717) is 17.5 Å². The molecule has 1 aliphatic carbocycles. The van der Waals surface area contributed by atoms with Crippen LogP contribution >= 0.6 is 0 Å². The fraction of sp³-hybridized carbons (Fsp3) is 0.0517. The predicted molar refractivity (Wildman–Crippen MR) is 255 cm³/mol. The van der Waals surface area contributed by atoms with Gasteiger partial charge in [-0.15, -0.1) is 0 Å². The molecule has 0 fully saturated rings. The molecule has 0 saturated carbocycles. The Morgan fingerprint density at radius 2 is 0.919 bits per heavy atom. The molecule has 62 heavy (non-hydrogen) atoms. The summed E-state index contributed by atoms with van der Waals surface area (Å²) in [6, 6.07) is 70.8. The van der Waals surface area contributed by atoms with Crippen LogP contribution < -0.4 is 0 Å². The zero-order valence-electron chi connectivity index (χ0n) is 34.3. The Kier molecular flexibility index (Phi) is 8.16. The van der Waals surface area contributed by atoms with Crippen molar-refractivity contribution in [1.82, 2.24) is 15.0 Å². The van der Waals surface area contributed by atoms with Crippen molar-refractivity contribution in [3.63, 3.8) is 0 Å². The molecule has 0 amide bonds. The van der Waals surface area contributed by atoms with E-state index in [1.54, 1.807) is 0 Å². The average Bonchev–Trinajstić information content (AvgIpc) is 3.83. The summed E-state index contributed by atoms with van der Waals surface area (Å²) in [6.07, 6.45) is 0. The van der Waals surface area contributed by atoms with Crippen LogP contribution in [0.5, 0.6) is 0 Å². The molecule has 4 heteroatoms. The third-order valence-electron chi connectivity index (χ3n) is 12.7. The van der Waals surface area contributed by atoms with Crippen LogP contribution in [0, 0.1) is 0 Å². The predicted octanol–water partition coefficient (Wildman–Crippen LogP) is 15.2. The normalized spacial score (nSPS) is 12.8. The maximum absolute atomic E-state index is 6.59. The molecule has 0 spiro atoms. The van der Waals surface area contributed by atoms with Crippen LogP contribution in [0.3, 0.4) is 0 Å². The van der Waals surface area contributed by atoms with E-state index in [1.165, 1.54) is 38.8 Å². The SMILES string of the molecule is CC1(C)c2ccccc2-c2c(-c3nc(-c4cccc(-c5ccc6c(c5)oc5cccc(-c7ccc(-c8ccccc8)cc7)c56)c4)nc(-c4ccc5ccccc5c4)n3)cccc21. The van der Waals surface area contributed by atoms with Crippen molar-refractivity contribution >= 4 is 32.7 Å². The Morgan fingerprint density at radius 3 is 1.77 bits per heavy atom. The lowest BCUT2D eigenvalue weighted by Crippen LogP contribution is -2.14. The molecule has 1 aliphatic rings. The molecule has 2 aromatic heterocycles. The van der Waals surface area contributed by atoms with Gasteiger partial charge < -0.3 is 4.42 Å². The molecule has 0 aliphatic heterocycles. The van der Waals surface area contributed by atoms with Gasteiger partial charge in [0.05, 0.1) is 0 Å². The number of hydrogen-bond acceptors (Lipinski definition) is 4. The summed E-state index contributed by atoms with van der Waals surface area (Å²) in [5.41, 5.74) is 16.2. The summed E-state index contributed by atoms with van der Waals surface area (Å²) in [6.45, 7) is 4.61. The zero-order valence-corrected chi connectivity index (χ0v) is 34.3. The standard InChI is InChI=1S/C58H39N3O/c1-58(2)49-22-9-8-19-46(49)53-48(21-11-23-50(53)58)57-60-55(59-56(61-57)44-30-27-37-15-6-7-16-40(37)33-44)43-18-10-17-41(34-43)42-31-32-47-52(35-42)62-51-24-12-20-45(54(47)51)39-28-25-38(26-29-39)36-13-4-3-5-14-36/h3-35H,1-2H3. The van der Waals surface area contributed by atoms with E-state index in [0.717, 1.165) is 66.3 Å². The Bertz CT molecular complexity index is 3550. The van der Waals surface area contributed by atoms with E-state index in [-0.39, 0.29) is 5.41 Å². The van der Waals surface area contributed by atoms with E-state index in [9.17, 15) is 0 Å². The minimum Gasteiger partial charge on any atom is -0.456 e. The molecule has 12 rings (SSSR count). The third-order valence-corrected chi connectivity index (χ3v) is 12.7. The van der Waals surface area contributed by atoms with E-state index in [2.05, 4.69) is 214 Å². The maximum Gasteiger partial charge on any atom is 0.164 e. The lowest BCUT2D eigenvalue weighted by atomic mass is 9.82. The lowest BCUT2D eigenvalue weighted by molar-refractivity contribution is 0.660. The largest absolute Gasteiger partial charge is 0.456 e. The van der Waals surface area contributed by atoms with Crippen LogP contribution in [0.1, 0.15) is 25.0 Å². The van der Waals surface area contributed by atoms with Crippen LogP contribution in [0.2, 0.25) is 0 Å². The maximum atomic E-state index is 6.59. The van der Waals surface area contributed by atoms with E-state index >= 15 is 0 Å². The van der Waals surface area contributed by atoms with Gasteiger partial charge in [0.25, 0.3) is 0 Å². The molecular weight excluding hydrogens is 755 g/mol. The summed E-state index contributed by atoms with van der Waals surface area (Å²) in [5, 5.41) is 4.52. The highest BCUT2D eigenvalue weighted by atomic mass is 16.3. The molecule has 0 bridgehead atoms. The van der Waals surface area contributed by atoms with Crippen molar-refractivity contribution in [3.05, 3.63) is 211 Å². The van der Waals surface area contributed by atoms with Crippen molar-refractivity contribution in [1.29, 1.82) is 0 Å². The Labute approximate surface area is 359 Å². The average molecular weight is 794 g/mol. The summed E-state index contributed by atoms with van der Waals surface area (Å²) < 4.78 is 6.59. The van der Waals surface area contributed by atoms with Crippen LogP contribution in [0.15, 0.2) is 205 Å². The topological polar surface area (TPSA) is 51.8 Å². The van der Waals surface area contributed by atoms with Crippen LogP contribution in [0.4, 0.5) is 0 Å². The number of furan rings is 1. The van der Waals surface area contributed by atoms with Crippen LogP contribution in [-0.4, -0.2) is 15.0 Å². The van der Waals surface area contributed by atoms with Gasteiger partial charge in [-0.1, -0.05) is 184 Å². The monoisotopic (exact) mass is 793 g/mol. The second kappa shape index (κ2) is 14.1. The number of hydrogen-bond donors (Lipinski definition) is 0. The number of nitrogens with zero attached hydrogens (tertiary/aromatic N) is 3. The fourth-order valence-electron chi connectivity index (χ4n) is 9.58. The molecule has 9 aromatic carbocycles. The molecule has 0 unspecified atom stereocenters. The molecule has 292 valence electrons. The van der Waals surface area contributed by atoms with E-state index in [4.69, 9.17) is 19.4 Å². The Hall–Kier alpha value is -7.95. The Balaban J connectivity index is 0.966. The molecule has 11 aromatic rings. The quantitative estimate of drug-likeness (QED) is 0.168. The first-order valence-corrected chi connectivity index (χ1v) is 21.2. The summed E-state index contributed by atoms with van der Waals surface area (Å²) in [5.74, 6) is 1.91. The highest BCUT2D eigenvalue weighted by molar-refractivity contribution is 6.13. The molecule has 0 saturated heterocycles. The molecule has 0 atom stereocenters. The van der Waals surface area contributed by atoms with Crippen molar-refractivity contribution in [2.45, 2.75) is 19.3 Å². The number of fused-ring (bicyclic) bond motifs is 7. The second-order valence-electron chi connectivity index (χ2n) is 16.8. The van der Waals surface area contributed by atoms with Crippen molar-refractivity contribution in [2.75, 3.05) is 0 Å². The van der Waals surface area contributed by atoms with Gasteiger partial charge in [0, 0.05) is 32.9 Å². The van der Waals surface area contributed by atoms with E-state index in [1.807, 2.05) is 0 Å². The van der Waals surface area contributed by atoms with Gasteiger partial charge in [-0.05, 0) is 96.7 Å². The van der Waals surface area contributed by atoms with Gasteiger partial charge in [0.2, 0.25) is 0 Å². The zero-order chi connectivity index (χ0) is 41.4. The molecule has 2 heterocycles. The van der Waals surface area contributed by atoms with Crippen molar-refractivity contribution in [2.24, 2.45) is 0 Å². The molecule has 0 radical (unpaired) electrons. The first-order chi connectivity index (χ1) is 30.5. The number of benzene rings is 9. The smallest absolute Gasteiger partial charge is 0.164 e. The molecular formula is C58H39N3O. The third kappa shape index (κ3) is 5.87. The summed E-state index contributed by atoms with van der Waals surface area (Å²) in [7, 11) is 0. The highest BCUT2D eigenvalue weighted by Crippen LogP contribution is 2.51. The number of rotatable bonds is 6. The highest BCUT2D eigenvalue weighted by Gasteiger charge is 2.37. The number of aromatic nitrogens is 3. The first-order valence-electron chi connectivity index (χ1n) is 21.2. The van der Waals surface area contributed by atoms with Gasteiger partial charge in [0.15, 0.2) is 17.5 Å². The first kappa shape index (κ1) is 35.9. The van der Waals surface area contributed by atoms with Gasteiger partial charge in [-0.3, -0.25) is 0 Å². The van der Waals surface area contributed by atoms with Gasteiger partial charge >= 0.3 is 0 Å². The van der Waals surface area contributed by atoms with Crippen LogP contribution in [0.25, 0.3) is 111 Å². The van der Waals surface area contributed by atoms with Gasteiger partial charge in [-0.25, -0.2) is 15.0 Å². The van der Waals surface area contributed by atoms with Crippen LogP contribution in [-0.2, 0) is 5.41 Å². The van der Waals surface area contributed by atoms with E-state index < -0.39 is 0 Å². The van der Waals surface area contributed by atoms with Crippen molar-refractivity contribution in [3.8, 4) is 78.7 Å². The summed E-state index contributed by atoms with van der Waals surface area (Å²) in [4.78, 5) is 15.8. The van der Waals surface area contributed by atoms with Gasteiger partial charge in [0.1, 0.15) is 11.2 Å². The van der Waals surface area contributed by atoms with Gasteiger partial charge in [-0.2, -0.15) is 0 Å². The van der Waals surface area contributed by atoms with Crippen molar-refractivity contribution < 1.29 is 4.42 Å². The Morgan fingerprint density at radius 1 is 0.355 bits per heavy atom. The summed E-state index contributed by atoms with van der Waals surface area (Å²) >= 11 is 0. The fourth-order valence-corrected chi connectivity index (χ4v) is 9.58. The second-order valence-corrected chi connectivity index (χ2v) is 16.8.